The van der Waals surface area contributed by atoms with Crippen LogP contribution in [0.5, 0.6) is 0 Å². The van der Waals surface area contributed by atoms with Gasteiger partial charge in [0.2, 0.25) is 5.89 Å². The predicted molar refractivity (Wildman–Crippen MR) is 69.7 cm³/mol. The minimum atomic E-state index is -0.331. The Balaban J connectivity index is 2.15. The molecule has 0 radical (unpaired) electrons. The maximum Gasteiger partial charge on any atom is 0.223 e. The van der Waals surface area contributed by atoms with E-state index >= 15 is 0 Å². The van der Waals surface area contributed by atoms with Crippen molar-refractivity contribution < 1.29 is 8.91 Å². The normalized spacial score (nSPS) is 17.8. The molecule has 100 valence electrons. The van der Waals surface area contributed by atoms with E-state index in [9.17, 15) is 4.39 Å². The highest BCUT2D eigenvalue weighted by Gasteiger charge is 2.42. The van der Waals surface area contributed by atoms with Crippen molar-refractivity contribution in [3.63, 3.8) is 0 Å². The van der Waals surface area contributed by atoms with Crippen LogP contribution in [0.3, 0.4) is 0 Å². The van der Waals surface area contributed by atoms with Crippen molar-refractivity contribution in [2.24, 2.45) is 0 Å². The van der Waals surface area contributed by atoms with Gasteiger partial charge in [0.15, 0.2) is 5.82 Å². The Morgan fingerprint density at radius 2 is 2.05 bits per heavy atom. The molecule has 0 saturated heterocycles. The van der Waals surface area contributed by atoms with E-state index < -0.39 is 0 Å². The van der Waals surface area contributed by atoms with E-state index in [1.807, 2.05) is 0 Å². The fourth-order valence-electron chi connectivity index (χ4n) is 2.96. The average Bonchev–Trinajstić information content (AvgIpc) is 2.98. The number of hydrogen-bond donors (Lipinski definition) is 0. The van der Waals surface area contributed by atoms with Gasteiger partial charge in [-0.25, -0.2) is 4.39 Å². The van der Waals surface area contributed by atoms with Gasteiger partial charge < -0.3 is 4.52 Å². The van der Waals surface area contributed by atoms with Crippen LogP contribution >= 0.6 is 11.6 Å². The number of benzene rings is 1. The van der Waals surface area contributed by atoms with E-state index in [2.05, 4.69) is 10.1 Å². The molecule has 19 heavy (non-hydrogen) atoms. The van der Waals surface area contributed by atoms with Crippen LogP contribution in [-0.4, -0.2) is 10.1 Å². The summed E-state index contributed by atoms with van der Waals surface area (Å²) in [5.74, 6) is 0.877. The SMILES string of the molecule is Cc1nc(C2(c3ccc(F)cc3Cl)CCCC2)no1. The van der Waals surface area contributed by atoms with Crippen LogP contribution in [0.1, 0.15) is 43.0 Å². The molecule has 0 N–H and O–H groups in total. The van der Waals surface area contributed by atoms with E-state index in [1.165, 1.54) is 12.1 Å². The zero-order valence-electron chi connectivity index (χ0n) is 10.6. The third kappa shape index (κ3) is 2.04. The molecule has 1 aromatic heterocycles. The Labute approximate surface area is 115 Å². The van der Waals surface area contributed by atoms with Gasteiger partial charge in [-0.15, -0.1) is 0 Å². The average molecular weight is 281 g/mol. The second-order valence-corrected chi connectivity index (χ2v) is 5.46. The van der Waals surface area contributed by atoms with Gasteiger partial charge >= 0.3 is 0 Å². The lowest BCUT2D eigenvalue weighted by atomic mass is 9.78. The largest absolute Gasteiger partial charge is 0.340 e. The summed E-state index contributed by atoms with van der Waals surface area (Å²) in [6, 6.07) is 4.53. The molecule has 0 unspecified atom stereocenters. The van der Waals surface area contributed by atoms with Crippen molar-refractivity contribution >= 4 is 11.6 Å². The highest BCUT2D eigenvalue weighted by molar-refractivity contribution is 6.31. The van der Waals surface area contributed by atoms with Gasteiger partial charge in [0.1, 0.15) is 5.82 Å². The van der Waals surface area contributed by atoms with E-state index in [-0.39, 0.29) is 11.2 Å². The minimum absolute atomic E-state index is 0.328. The first-order valence-corrected chi connectivity index (χ1v) is 6.76. The van der Waals surface area contributed by atoms with Crippen LogP contribution in [0, 0.1) is 12.7 Å². The lowest BCUT2D eigenvalue weighted by molar-refractivity contribution is 0.370. The summed E-state index contributed by atoms with van der Waals surface area (Å²) in [5, 5.41) is 4.51. The minimum Gasteiger partial charge on any atom is -0.340 e. The molecule has 3 rings (SSSR count). The Morgan fingerprint density at radius 3 is 2.63 bits per heavy atom. The van der Waals surface area contributed by atoms with Gasteiger partial charge in [-0.05, 0) is 30.5 Å². The maximum atomic E-state index is 13.2. The third-order valence-corrected chi connectivity index (χ3v) is 4.17. The van der Waals surface area contributed by atoms with Gasteiger partial charge in [-0.2, -0.15) is 4.98 Å². The van der Waals surface area contributed by atoms with Crippen molar-refractivity contribution in [3.8, 4) is 0 Å². The summed E-state index contributed by atoms with van der Waals surface area (Å²) in [7, 11) is 0. The van der Waals surface area contributed by atoms with E-state index in [1.54, 1.807) is 13.0 Å². The van der Waals surface area contributed by atoms with Crippen molar-refractivity contribution in [2.45, 2.75) is 38.0 Å². The fourth-order valence-corrected chi connectivity index (χ4v) is 3.31. The summed E-state index contributed by atoms with van der Waals surface area (Å²) >= 11 is 6.23. The Bertz CT molecular complexity index is 605. The molecule has 5 heteroatoms. The van der Waals surface area contributed by atoms with Crippen LogP contribution in [0.2, 0.25) is 5.02 Å². The van der Waals surface area contributed by atoms with E-state index in [4.69, 9.17) is 16.1 Å². The molecule has 2 aromatic rings. The monoisotopic (exact) mass is 280 g/mol. The molecule has 1 heterocycles. The smallest absolute Gasteiger partial charge is 0.223 e. The number of aromatic nitrogens is 2. The van der Waals surface area contributed by atoms with Crippen LogP contribution in [0.25, 0.3) is 0 Å². The lowest BCUT2D eigenvalue weighted by Crippen LogP contribution is -2.26. The molecule has 0 amide bonds. The molecular formula is C14H14ClFN2O. The summed E-state index contributed by atoms with van der Waals surface area (Å²) < 4.78 is 18.3. The van der Waals surface area contributed by atoms with Crippen LogP contribution in [0.4, 0.5) is 4.39 Å². The number of nitrogens with zero attached hydrogens (tertiary/aromatic N) is 2. The fraction of sp³-hybridized carbons (Fsp3) is 0.429. The van der Waals surface area contributed by atoms with Crippen molar-refractivity contribution in [1.29, 1.82) is 0 Å². The third-order valence-electron chi connectivity index (χ3n) is 3.86. The molecule has 1 saturated carbocycles. The van der Waals surface area contributed by atoms with Gasteiger partial charge in [-0.1, -0.05) is 35.7 Å². The van der Waals surface area contributed by atoms with Gasteiger partial charge in [0.25, 0.3) is 0 Å². The molecule has 1 aliphatic rings. The molecule has 3 nitrogen and oxygen atoms in total. The first kappa shape index (κ1) is 12.6. The maximum absolute atomic E-state index is 13.2. The van der Waals surface area contributed by atoms with Crippen LogP contribution < -0.4 is 0 Å². The topological polar surface area (TPSA) is 38.9 Å². The second kappa shape index (κ2) is 4.60. The van der Waals surface area contributed by atoms with E-state index in [0.717, 1.165) is 31.2 Å². The standard InChI is InChI=1S/C14H14ClFN2O/c1-9-17-13(18-19-9)14(6-2-3-7-14)11-5-4-10(16)8-12(11)15/h4-5,8H,2-3,6-7H2,1H3. The van der Waals surface area contributed by atoms with Crippen LogP contribution in [0.15, 0.2) is 22.7 Å². The van der Waals surface area contributed by atoms with E-state index in [0.29, 0.717) is 16.7 Å². The molecule has 0 atom stereocenters. The molecule has 1 aliphatic carbocycles. The highest BCUT2D eigenvalue weighted by Crippen LogP contribution is 2.47. The van der Waals surface area contributed by atoms with Crippen molar-refractivity contribution in [2.75, 3.05) is 0 Å². The second-order valence-electron chi connectivity index (χ2n) is 5.05. The zero-order valence-corrected chi connectivity index (χ0v) is 11.4. The lowest BCUT2D eigenvalue weighted by Gasteiger charge is -2.26. The molecular weight excluding hydrogens is 267 g/mol. The number of rotatable bonds is 2. The predicted octanol–water partition coefficient (Wildman–Crippen LogP) is 4.03. The number of hydrogen-bond acceptors (Lipinski definition) is 3. The first-order chi connectivity index (χ1) is 9.12. The molecule has 0 spiro atoms. The van der Waals surface area contributed by atoms with Crippen molar-refractivity contribution in [1.82, 2.24) is 10.1 Å². The van der Waals surface area contributed by atoms with Gasteiger partial charge in [0.05, 0.1) is 5.41 Å². The molecule has 0 aliphatic heterocycles. The zero-order chi connectivity index (χ0) is 13.5. The highest BCUT2D eigenvalue weighted by atomic mass is 35.5. The molecule has 1 fully saturated rings. The quantitative estimate of drug-likeness (QED) is 0.834. The summed E-state index contributed by atoms with van der Waals surface area (Å²) in [6.07, 6.45) is 4.00. The van der Waals surface area contributed by atoms with Gasteiger partial charge in [0, 0.05) is 11.9 Å². The Morgan fingerprint density at radius 1 is 1.32 bits per heavy atom. The Kier molecular flexibility index (Phi) is 3.05. The van der Waals surface area contributed by atoms with Gasteiger partial charge in [-0.3, -0.25) is 0 Å². The summed E-state index contributed by atoms with van der Waals surface area (Å²) in [6.45, 7) is 1.77. The van der Waals surface area contributed by atoms with Crippen molar-refractivity contribution in [3.05, 3.63) is 46.3 Å². The molecule has 0 bridgehead atoms. The summed E-state index contributed by atoms with van der Waals surface area (Å²) in [5.41, 5.74) is 0.566. The summed E-state index contributed by atoms with van der Waals surface area (Å²) in [4.78, 5) is 4.37. The number of aryl methyl sites for hydroxylation is 1. The number of halogens is 2. The Hall–Kier alpha value is -1.42. The first-order valence-electron chi connectivity index (χ1n) is 6.38. The van der Waals surface area contributed by atoms with Crippen LogP contribution in [-0.2, 0) is 5.41 Å². The molecule has 1 aromatic carbocycles.